The third-order valence-corrected chi connectivity index (χ3v) is 3.26. The first-order valence-corrected chi connectivity index (χ1v) is 6.94. The molecule has 2 amide bonds. The maximum Gasteiger partial charge on any atom is 0.293 e. The number of aromatic amines is 1. The zero-order valence-electron chi connectivity index (χ0n) is 12.2. The van der Waals surface area contributed by atoms with Crippen molar-refractivity contribution < 1.29 is 9.59 Å². The zero-order valence-corrected chi connectivity index (χ0v) is 12.2. The van der Waals surface area contributed by atoms with Crippen molar-refractivity contribution in [1.29, 1.82) is 0 Å². The van der Waals surface area contributed by atoms with Crippen LogP contribution in [0.3, 0.4) is 0 Å². The Kier molecular flexibility index (Phi) is 4.36. The van der Waals surface area contributed by atoms with Crippen LogP contribution < -0.4 is 0 Å². The molecule has 0 unspecified atom stereocenters. The molecule has 1 aliphatic carbocycles. The lowest BCUT2D eigenvalue weighted by Crippen LogP contribution is -2.41. The number of hydrogen-bond acceptors (Lipinski definition) is 4. The molecule has 1 aromatic rings. The summed E-state index contributed by atoms with van der Waals surface area (Å²) in [5.74, 6) is 0.970. The van der Waals surface area contributed by atoms with E-state index in [2.05, 4.69) is 15.2 Å². The second kappa shape index (κ2) is 6.02. The highest BCUT2D eigenvalue weighted by Gasteiger charge is 2.29. The summed E-state index contributed by atoms with van der Waals surface area (Å²) in [6.45, 7) is 2.55. The van der Waals surface area contributed by atoms with E-state index in [1.54, 1.807) is 14.1 Å². The first kappa shape index (κ1) is 14.5. The third-order valence-electron chi connectivity index (χ3n) is 3.26. The van der Waals surface area contributed by atoms with Gasteiger partial charge in [0.1, 0.15) is 12.4 Å². The number of carbonyl (C=O) groups is 2. The number of amides is 2. The lowest BCUT2D eigenvalue weighted by atomic mass is 10.3. The Labute approximate surface area is 118 Å². The van der Waals surface area contributed by atoms with Crippen LogP contribution in [0.25, 0.3) is 0 Å². The first-order valence-electron chi connectivity index (χ1n) is 6.94. The van der Waals surface area contributed by atoms with Crippen molar-refractivity contribution in [3.05, 3.63) is 11.6 Å². The molecular formula is C13H21N5O2. The number of nitrogens with one attached hydrogen (secondary N) is 1. The van der Waals surface area contributed by atoms with Crippen LogP contribution in [0.2, 0.25) is 0 Å². The molecule has 0 aromatic carbocycles. The lowest BCUT2D eigenvalue weighted by molar-refractivity contribution is -0.129. The number of H-pyrrole nitrogens is 1. The minimum atomic E-state index is -0.287. The number of nitrogens with zero attached hydrogens (tertiary/aromatic N) is 4. The normalized spacial score (nSPS) is 14.2. The Hall–Kier alpha value is -1.92. The molecule has 7 heteroatoms. The van der Waals surface area contributed by atoms with Crippen LogP contribution in [-0.2, 0) is 4.79 Å². The molecule has 1 aliphatic rings. The van der Waals surface area contributed by atoms with Gasteiger partial charge < -0.3 is 9.80 Å². The van der Waals surface area contributed by atoms with Gasteiger partial charge in [0.05, 0.1) is 0 Å². The fourth-order valence-electron chi connectivity index (χ4n) is 1.88. The van der Waals surface area contributed by atoms with Crippen molar-refractivity contribution in [2.45, 2.75) is 32.1 Å². The molecule has 2 rings (SSSR count). The highest BCUT2D eigenvalue weighted by atomic mass is 16.2. The summed E-state index contributed by atoms with van der Waals surface area (Å²) in [5, 5.41) is 6.80. The van der Waals surface area contributed by atoms with E-state index in [9.17, 15) is 9.59 Å². The van der Waals surface area contributed by atoms with Crippen LogP contribution in [-0.4, -0.2) is 64.0 Å². The average Bonchev–Trinajstić information content (AvgIpc) is 3.15. The summed E-state index contributed by atoms with van der Waals surface area (Å²) in [5.41, 5.74) is 0. The van der Waals surface area contributed by atoms with Crippen LogP contribution in [0, 0.1) is 0 Å². The van der Waals surface area contributed by atoms with Crippen LogP contribution in [0.5, 0.6) is 0 Å². The Bertz CT molecular complexity index is 493. The molecule has 110 valence electrons. The molecule has 0 bridgehead atoms. The summed E-state index contributed by atoms with van der Waals surface area (Å²) in [4.78, 5) is 31.4. The van der Waals surface area contributed by atoms with E-state index in [1.807, 2.05) is 6.92 Å². The predicted molar refractivity (Wildman–Crippen MR) is 73.2 cm³/mol. The summed E-state index contributed by atoms with van der Waals surface area (Å²) in [7, 11) is 3.35. The number of likely N-dealkylation sites (N-methyl/N-ethyl adjacent to an activating group) is 1. The van der Waals surface area contributed by atoms with Gasteiger partial charge in [0.15, 0.2) is 0 Å². The monoisotopic (exact) mass is 279 g/mol. The molecule has 1 aromatic heterocycles. The highest BCUT2D eigenvalue weighted by molar-refractivity contribution is 5.93. The minimum absolute atomic E-state index is 0.0625. The Morgan fingerprint density at radius 2 is 2.05 bits per heavy atom. The van der Waals surface area contributed by atoms with E-state index < -0.39 is 0 Å². The molecule has 0 atom stereocenters. The van der Waals surface area contributed by atoms with Crippen LogP contribution in [0.1, 0.15) is 48.5 Å². The number of hydrogen-bond donors (Lipinski definition) is 1. The molecule has 1 heterocycles. The van der Waals surface area contributed by atoms with Gasteiger partial charge in [-0.3, -0.25) is 14.7 Å². The van der Waals surface area contributed by atoms with E-state index in [1.165, 1.54) is 9.80 Å². The van der Waals surface area contributed by atoms with Crippen molar-refractivity contribution in [2.75, 3.05) is 27.2 Å². The van der Waals surface area contributed by atoms with Crippen molar-refractivity contribution in [3.63, 3.8) is 0 Å². The van der Waals surface area contributed by atoms with Crippen molar-refractivity contribution in [2.24, 2.45) is 0 Å². The predicted octanol–water partition coefficient (Wildman–Crippen LogP) is 0.622. The Morgan fingerprint density at radius 3 is 2.60 bits per heavy atom. The van der Waals surface area contributed by atoms with Crippen LogP contribution in [0.15, 0.2) is 0 Å². The smallest absolute Gasteiger partial charge is 0.293 e. The van der Waals surface area contributed by atoms with Gasteiger partial charge in [-0.15, -0.1) is 5.10 Å². The van der Waals surface area contributed by atoms with Gasteiger partial charge in [-0.05, 0) is 19.3 Å². The first-order chi connectivity index (χ1) is 9.52. The second-order valence-electron chi connectivity index (χ2n) is 5.33. The van der Waals surface area contributed by atoms with Gasteiger partial charge in [0.25, 0.3) is 5.91 Å². The van der Waals surface area contributed by atoms with Gasteiger partial charge in [-0.1, -0.05) is 6.92 Å². The quantitative estimate of drug-likeness (QED) is 0.827. The molecule has 1 fully saturated rings. The number of rotatable bonds is 6. The summed E-state index contributed by atoms with van der Waals surface area (Å²) < 4.78 is 0. The van der Waals surface area contributed by atoms with Gasteiger partial charge in [0.2, 0.25) is 11.7 Å². The van der Waals surface area contributed by atoms with Gasteiger partial charge in [0, 0.05) is 26.6 Å². The van der Waals surface area contributed by atoms with Gasteiger partial charge >= 0.3 is 0 Å². The Balaban J connectivity index is 2.06. The van der Waals surface area contributed by atoms with Gasteiger partial charge in [-0.2, -0.15) is 0 Å². The zero-order chi connectivity index (χ0) is 14.7. The number of carbonyl (C=O) groups excluding carboxylic acids is 2. The maximum absolute atomic E-state index is 12.4. The van der Waals surface area contributed by atoms with Crippen molar-refractivity contribution in [3.8, 4) is 0 Å². The molecule has 0 aliphatic heterocycles. The fraction of sp³-hybridized carbons (Fsp3) is 0.692. The van der Waals surface area contributed by atoms with Crippen LogP contribution >= 0.6 is 0 Å². The fourth-order valence-corrected chi connectivity index (χ4v) is 1.88. The molecule has 7 nitrogen and oxygen atoms in total. The average molecular weight is 279 g/mol. The van der Waals surface area contributed by atoms with E-state index >= 15 is 0 Å². The third kappa shape index (κ3) is 3.34. The SMILES string of the molecule is CCCN(CC(=O)N(C)C)C(=O)c1n[nH]c(C2CC2)n1. The molecule has 0 saturated heterocycles. The molecule has 20 heavy (non-hydrogen) atoms. The molecule has 0 spiro atoms. The van der Waals surface area contributed by atoms with E-state index in [-0.39, 0.29) is 24.2 Å². The van der Waals surface area contributed by atoms with E-state index in [0.29, 0.717) is 12.5 Å². The summed E-state index contributed by atoms with van der Waals surface area (Å²) in [6, 6.07) is 0. The maximum atomic E-state index is 12.4. The van der Waals surface area contributed by atoms with E-state index in [0.717, 1.165) is 25.1 Å². The topological polar surface area (TPSA) is 82.2 Å². The van der Waals surface area contributed by atoms with Crippen molar-refractivity contribution >= 4 is 11.8 Å². The Morgan fingerprint density at radius 1 is 1.35 bits per heavy atom. The molecule has 1 saturated carbocycles. The molecule has 1 N–H and O–H groups in total. The molecule has 0 radical (unpaired) electrons. The minimum Gasteiger partial charge on any atom is -0.347 e. The van der Waals surface area contributed by atoms with E-state index in [4.69, 9.17) is 0 Å². The highest BCUT2D eigenvalue weighted by Crippen LogP contribution is 2.37. The van der Waals surface area contributed by atoms with Gasteiger partial charge in [-0.25, -0.2) is 4.98 Å². The lowest BCUT2D eigenvalue weighted by Gasteiger charge is -2.21. The summed E-state index contributed by atoms with van der Waals surface area (Å²) in [6.07, 6.45) is 2.98. The summed E-state index contributed by atoms with van der Waals surface area (Å²) >= 11 is 0. The standard InChI is InChI=1S/C13H21N5O2/c1-4-7-18(8-10(19)17(2)3)13(20)12-14-11(15-16-12)9-5-6-9/h9H,4-8H2,1-3H3,(H,14,15,16). The van der Waals surface area contributed by atoms with Crippen molar-refractivity contribution in [1.82, 2.24) is 25.0 Å². The second-order valence-corrected chi connectivity index (χ2v) is 5.33. The largest absolute Gasteiger partial charge is 0.347 e. The molecular weight excluding hydrogens is 258 g/mol. The van der Waals surface area contributed by atoms with Crippen LogP contribution in [0.4, 0.5) is 0 Å². The number of aromatic nitrogens is 3.